The number of carbonyl (C=O) groups excluding carboxylic acids is 1. The number of benzene rings is 2. The van der Waals surface area contributed by atoms with E-state index in [1.54, 1.807) is 42.6 Å². The Morgan fingerprint density at radius 3 is 2.62 bits per heavy atom. The third-order valence-corrected chi connectivity index (χ3v) is 4.84. The second-order valence-electron chi connectivity index (χ2n) is 5.25. The van der Waals surface area contributed by atoms with Crippen LogP contribution < -0.4 is 10.2 Å². The summed E-state index contributed by atoms with van der Waals surface area (Å²) in [7, 11) is 0. The van der Waals surface area contributed by atoms with Crippen molar-refractivity contribution in [3.8, 4) is 5.75 Å². The van der Waals surface area contributed by atoms with Crippen molar-refractivity contribution in [3.05, 3.63) is 74.7 Å². The van der Waals surface area contributed by atoms with Gasteiger partial charge in [0.2, 0.25) is 5.13 Å². The van der Waals surface area contributed by atoms with Gasteiger partial charge in [-0.05, 0) is 55.0 Å². The van der Waals surface area contributed by atoms with E-state index in [9.17, 15) is 4.79 Å². The van der Waals surface area contributed by atoms with Gasteiger partial charge in [0.05, 0.1) is 27.5 Å². The van der Waals surface area contributed by atoms with Crippen LogP contribution in [0, 0.1) is 6.92 Å². The molecule has 1 aromatic heterocycles. The molecule has 0 unspecified atom stereocenters. The van der Waals surface area contributed by atoms with E-state index in [-0.39, 0.29) is 0 Å². The molecular weight excluding hydrogens is 393 g/mol. The number of aryl methyl sites for hydroxylation is 1. The highest BCUT2D eigenvalue weighted by Crippen LogP contribution is 2.23. The lowest BCUT2D eigenvalue weighted by Crippen LogP contribution is -2.08. The molecule has 2 aromatic carbocycles. The Morgan fingerprint density at radius 1 is 1.19 bits per heavy atom. The number of halogens is 2. The van der Waals surface area contributed by atoms with Crippen LogP contribution in [0.5, 0.6) is 5.75 Å². The van der Waals surface area contributed by atoms with Crippen molar-refractivity contribution < 1.29 is 9.53 Å². The minimum Gasteiger partial charge on any atom is -0.423 e. The Hall–Kier alpha value is -2.41. The summed E-state index contributed by atoms with van der Waals surface area (Å²) in [5.74, 6) is -0.0903. The van der Waals surface area contributed by atoms with E-state index in [1.165, 1.54) is 17.4 Å². The number of rotatable bonds is 5. The molecule has 3 aromatic rings. The number of hydrogen-bond acceptors (Lipinski definition) is 6. The van der Waals surface area contributed by atoms with Crippen molar-refractivity contribution in [1.82, 2.24) is 4.98 Å². The summed E-state index contributed by atoms with van der Waals surface area (Å²) < 4.78 is 5.32. The van der Waals surface area contributed by atoms with Crippen LogP contribution in [0.25, 0.3) is 0 Å². The summed E-state index contributed by atoms with van der Waals surface area (Å²) in [6.45, 7) is 1.92. The molecule has 0 saturated heterocycles. The number of thiazole rings is 1. The summed E-state index contributed by atoms with van der Waals surface area (Å²) in [5, 5.41) is 7.47. The fraction of sp³-hybridized carbons (Fsp3) is 0.0556. The predicted octanol–water partition coefficient (Wildman–Crippen LogP) is 5.42. The Labute approximate surface area is 164 Å². The Bertz CT molecular complexity index is 955. The minimum absolute atomic E-state index is 0.301. The van der Waals surface area contributed by atoms with Gasteiger partial charge in [-0.2, -0.15) is 5.10 Å². The average Bonchev–Trinajstić information content (AvgIpc) is 3.04. The Kier molecular flexibility index (Phi) is 5.88. The first kappa shape index (κ1) is 18.4. The number of nitrogens with one attached hydrogen (secondary N) is 1. The van der Waals surface area contributed by atoms with Crippen molar-refractivity contribution in [2.24, 2.45) is 5.10 Å². The smallest absolute Gasteiger partial charge is 0.343 e. The lowest BCUT2D eigenvalue weighted by atomic mass is 10.2. The lowest BCUT2D eigenvalue weighted by molar-refractivity contribution is 0.0735. The van der Waals surface area contributed by atoms with Crippen LogP contribution in [-0.4, -0.2) is 17.2 Å². The van der Waals surface area contributed by atoms with Gasteiger partial charge in [0.1, 0.15) is 5.75 Å². The first-order valence-corrected chi connectivity index (χ1v) is 9.13. The maximum Gasteiger partial charge on any atom is 0.343 e. The SMILES string of the molecule is Cc1csc(N/N=C\c2ccc(OC(=O)c3ccc(Cl)c(Cl)c3)cc2)n1. The number of hydrazone groups is 1. The van der Waals surface area contributed by atoms with Crippen LogP contribution in [-0.2, 0) is 0 Å². The normalized spacial score (nSPS) is 10.9. The standard InChI is InChI=1S/C18H13Cl2N3O2S/c1-11-10-26-18(22-11)23-21-9-12-2-5-14(6-3-12)25-17(24)13-4-7-15(19)16(20)8-13/h2-10H,1H3,(H,22,23)/b21-9-. The van der Waals surface area contributed by atoms with Crippen LogP contribution in [0.1, 0.15) is 21.6 Å². The van der Waals surface area contributed by atoms with Crippen LogP contribution in [0.2, 0.25) is 10.0 Å². The van der Waals surface area contributed by atoms with Gasteiger partial charge < -0.3 is 4.74 Å². The van der Waals surface area contributed by atoms with E-state index in [0.717, 1.165) is 16.4 Å². The number of esters is 1. The highest BCUT2D eigenvalue weighted by molar-refractivity contribution is 7.13. The maximum absolute atomic E-state index is 12.1. The molecular formula is C18H13Cl2N3O2S. The second-order valence-corrected chi connectivity index (χ2v) is 6.92. The number of hydrogen-bond donors (Lipinski definition) is 1. The molecule has 0 radical (unpaired) electrons. The number of anilines is 1. The third kappa shape index (κ3) is 4.82. The van der Waals surface area contributed by atoms with Gasteiger partial charge >= 0.3 is 5.97 Å². The summed E-state index contributed by atoms with van der Waals surface area (Å²) in [6, 6.07) is 11.5. The van der Waals surface area contributed by atoms with E-state index in [2.05, 4.69) is 15.5 Å². The van der Waals surface area contributed by atoms with Gasteiger partial charge in [-0.25, -0.2) is 9.78 Å². The van der Waals surface area contributed by atoms with Gasteiger partial charge in [0.15, 0.2) is 0 Å². The molecule has 0 fully saturated rings. The highest BCUT2D eigenvalue weighted by Gasteiger charge is 2.10. The quantitative estimate of drug-likeness (QED) is 0.266. The molecule has 3 rings (SSSR count). The van der Waals surface area contributed by atoms with Crippen LogP contribution in [0.4, 0.5) is 5.13 Å². The molecule has 0 atom stereocenters. The number of aromatic nitrogens is 1. The largest absolute Gasteiger partial charge is 0.423 e. The molecule has 132 valence electrons. The summed E-state index contributed by atoms with van der Waals surface area (Å²) in [6.07, 6.45) is 1.65. The van der Waals surface area contributed by atoms with Crippen LogP contribution in [0.3, 0.4) is 0 Å². The monoisotopic (exact) mass is 405 g/mol. The summed E-state index contributed by atoms with van der Waals surface area (Å²) in [5.41, 5.74) is 4.98. The van der Waals surface area contributed by atoms with Crippen molar-refractivity contribution in [1.29, 1.82) is 0 Å². The van der Waals surface area contributed by atoms with Crippen molar-refractivity contribution in [2.75, 3.05) is 5.43 Å². The third-order valence-electron chi connectivity index (χ3n) is 3.24. The molecule has 0 aliphatic heterocycles. The maximum atomic E-state index is 12.1. The number of nitrogens with zero attached hydrogens (tertiary/aromatic N) is 2. The zero-order chi connectivity index (χ0) is 18.5. The van der Waals surface area contributed by atoms with Gasteiger partial charge in [-0.1, -0.05) is 23.2 Å². The first-order chi connectivity index (χ1) is 12.5. The molecule has 26 heavy (non-hydrogen) atoms. The van der Waals surface area contributed by atoms with E-state index in [1.807, 2.05) is 12.3 Å². The van der Waals surface area contributed by atoms with Gasteiger partial charge in [-0.3, -0.25) is 5.43 Å². The first-order valence-electron chi connectivity index (χ1n) is 7.50. The predicted molar refractivity (Wildman–Crippen MR) is 106 cm³/mol. The molecule has 0 aliphatic rings. The van der Waals surface area contributed by atoms with E-state index < -0.39 is 5.97 Å². The summed E-state index contributed by atoms with van der Waals surface area (Å²) in [4.78, 5) is 16.4. The van der Waals surface area contributed by atoms with Gasteiger partial charge in [-0.15, -0.1) is 11.3 Å². The summed E-state index contributed by atoms with van der Waals surface area (Å²) >= 11 is 13.2. The second kappa shape index (κ2) is 8.31. The molecule has 0 spiro atoms. The Balaban J connectivity index is 1.60. The van der Waals surface area contributed by atoms with Crippen molar-refractivity contribution in [3.63, 3.8) is 0 Å². The molecule has 1 N–H and O–H groups in total. The molecule has 5 nitrogen and oxygen atoms in total. The van der Waals surface area contributed by atoms with E-state index in [4.69, 9.17) is 27.9 Å². The van der Waals surface area contributed by atoms with Crippen molar-refractivity contribution in [2.45, 2.75) is 6.92 Å². The fourth-order valence-electron chi connectivity index (χ4n) is 1.98. The number of carbonyl (C=O) groups is 1. The number of ether oxygens (including phenoxy) is 1. The average molecular weight is 406 g/mol. The van der Waals surface area contributed by atoms with E-state index in [0.29, 0.717) is 21.4 Å². The van der Waals surface area contributed by atoms with Gasteiger partial charge in [0, 0.05) is 5.38 Å². The van der Waals surface area contributed by atoms with Crippen molar-refractivity contribution >= 4 is 51.9 Å². The molecule has 0 amide bonds. The van der Waals surface area contributed by atoms with Crippen LogP contribution >= 0.6 is 34.5 Å². The van der Waals surface area contributed by atoms with Crippen LogP contribution in [0.15, 0.2) is 52.9 Å². The molecule has 0 saturated carbocycles. The zero-order valence-corrected chi connectivity index (χ0v) is 15.9. The highest BCUT2D eigenvalue weighted by atomic mass is 35.5. The topological polar surface area (TPSA) is 63.6 Å². The van der Waals surface area contributed by atoms with Gasteiger partial charge in [0.25, 0.3) is 0 Å². The molecule has 0 aliphatic carbocycles. The molecule has 1 heterocycles. The Morgan fingerprint density at radius 2 is 1.96 bits per heavy atom. The van der Waals surface area contributed by atoms with E-state index >= 15 is 0 Å². The molecule has 0 bridgehead atoms. The zero-order valence-electron chi connectivity index (χ0n) is 13.6. The lowest BCUT2D eigenvalue weighted by Gasteiger charge is -2.05. The minimum atomic E-state index is -0.509. The molecule has 8 heteroatoms. The fourth-order valence-corrected chi connectivity index (χ4v) is 2.91.